The van der Waals surface area contributed by atoms with E-state index >= 15 is 0 Å². The highest BCUT2D eigenvalue weighted by Crippen LogP contribution is 2.37. The zero-order valence-electron chi connectivity index (χ0n) is 14.9. The third-order valence-corrected chi connectivity index (χ3v) is 8.56. The van der Waals surface area contributed by atoms with Gasteiger partial charge in [-0.3, -0.25) is 4.79 Å². The highest BCUT2D eigenvalue weighted by molar-refractivity contribution is 7.89. The molecule has 1 aliphatic rings. The molecule has 0 spiro atoms. The second-order valence-electron chi connectivity index (χ2n) is 6.54. The molecule has 0 saturated carbocycles. The second kappa shape index (κ2) is 7.85. The van der Waals surface area contributed by atoms with Gasteiger partial charge >= 0.3 is 0 Å². The zero-order valence-corrected chi connectivity index (χ0v) is 18.1. The first-order chi connectivity index (χ1) is 13.8. The van der Waals surface area contributed by atoms with Crippen molar-refractivity contribution in [3.05, 3.63) is 63.2 Å². The SMILES string of the molecule is O=C(c1sc2cc(Cl)ccc2c1Cl)N1CCN(S(=O)(=O)c2ccc(F)cc2)CC1. The van der Waals surface area contributed by atoms with E-state index in [2.05, 4.69) is 0 Å². The van der Waals surface area contributed by atoms with Crippen LogP contribution in [-0.4, -0.2) is 49.7 Å². The van der Waals surface area contributed by atoms with Crippen molar-refractivity contribution in [2.45, 2.75) is 4.90 Å². The summed E-state index contributed by atoms with van der Waals surface area (Å²) in [7, 11) is -3.74. The minimum absolute atomic E-state index is 0.0307. The van der Waals surface area contributed by atoms with Crippen LogP contribution in [0.2, 0.25) is 10.0 Å². The number of rotatable bonds is 3. The molecule has 2 heterocycles. The molecule has 1 fully saturated rings. The fraction of sp³-hybridized carbons (Fsp3) is 0.211. The molecule has 10 heteroatoms. The molecule has 29 heavy (non-hydrogen) atoms. The van der Waals surface area contributed by atoms with E-state index in [9.17, 15) is 17.6 Å². The summed E-state index contributed by atoms with van der Waals surface area (Å²) in [5.74, 6) is -0.730. The fourth-order valence-corrected chi connectivity index (χ4v) is 6.39. The molecular weight excluding hydrogens is 458 g/mol. The summed E-state index contributed by atoms with van der Waals surface area (Å²) in [5, 5.41) is 1.71. The first kappa shape index (κ1) is 20.6. The maximum Gasteiger partial charge on any atom is 0.265 e. The molecule has 1 aliphatic heterocycles. The predicted octanol–water partition coefficient (Wildman–Crippen LogP) is 4.49. The first-order valence-corrected chi connectivity index (χ1v) is 11.7. The minimum atomic E-state index is -3.74. The van der Waals surface area contributed by atoms with Gasteiger partial charge in [-0.15, -0.1) is 11.3 Å². The number of carbonyl (C=O) groups excluding carboxylic acids is 1. The average Bonchev–Trinajstić information content (AvgIpc) is 3.03. The molecule has 0 radical (unpaired) electrons. The summed E-state index contributed by atoms with van der Waals surface area (Å²) < 4.78 is 40.6. The van der Waals surface area contributed by atoms with Crippen LogP contribution >= 0.6 is 34.5 Å². The smallest absolute Gasteiger partial charge is 0.265 e. The van der Waals surface area contributed by atoms with Gasteiger partial charge in [0.15, 0.2) is 0 Å². The lowest BCUT2D eigenvalue weighted by Crippen LogP contribution is -2.50. The molecule has 5 nitrogen and oxygen atoms in total. The van der Waals surface area contributed by atoms with E-state index in [4.69, 9.17) is 23.2 Å². The molecule has 152 valence electrons. The Morgan fingerprint density at radius 2 is 1.66 bits per heavy atom. The van der Waals surface area contributed by atoms with Crippen LogP contribution in [0.5, 0.6) is 0 Å². The number of benzene rings is 2. The number of piperazine rings is 1. The number of nitrogens with zero attached hydrogens (tertiary/aromatic N) is 2. The monoisotopic (exact) mass is 472 g/mol. The lowest BCUT2D eigenvalue weighted by molar-refractivity contribution is 0.0703. The van der Waals surface area contributed by atoms with Gasteiger partial charge in [-0.25, -0.2) is 12.8 Å². The van der Waals surface area contributed by atoms with Crippen LogP contribution < -0.4 is 0 Å². The van der Waals surface area contributed by atoms with Crippen LogP contribution in [0.25, 0.3) is 10.1 Å². The third-order valence-electron chi connectivity index (χ3n) is 4.76. The van der Waals surface area contributed by atoms with Crippen LogP contribution in [0, 0.1) is 5.82 Å². The number of thiophene rings is 1. The van der Waals surface area contributed by atoms with Gasteiger partial charge in [0, 0.05) is 41.3 Å². The highest BCUT2D eigenvalue weighted by Gasteiger charge is 2.31. The molecule has 0 N–H and O–H groups in total. The van der Waals surface area contributed by atoms with E-state index in [1.54, 1.807) is 23.1 Å². The first-order valence-electron chi connectivity index (χ1n) is 8.70. The average molecular weight is 473 g/mol. The summed E-state index contributed by atoms with van der Waals surface area (Å²) >= 11 is 13.7. The Bertz CT molecular complexity index is 1190. The summed E-state index contributed by atoms with van der Waals surface area (Å²) in [4.78, 5) is 15.0. The Morgan fingerprint density at radius 3 is 2.31 bits per heavy atom. The van der Waals surface area contributed by atoms with Crippen LogP contribution in [-0.2, 0) is 10.0 Å². The Kier molecular flexibility index (Phi) is 5.56. The van der Waals surface area contributed by atoms with Gasteiger partial charge in [0.2, 0.25) is 10.0 Å². The molecule has 0 unspecified atom stereocenters. The summed E-state index contributed by atoms with van der Waals surface area (Å²) in [6.07, 6.45) is 0. The van der Waals surface area contributed by atoms with Gasteiger partial charge < -0.3 is 4.90 Å². The summed E-state index contributed by atoms with van der Waals surface area (Å²) in [6.45, 7) is 0.786. The Hall–Kier alpha value is -1.71. The third kappa shape index (κ3) is 3.87. The molecular formula is C19H15Cl2FN2O3S2. The van der Waals surface area contributed by atoms with Gasteiger partial charge in [-0.1, -0.05) is 29.3 Å². The number of fused-ring (bicyclic) bond motifs is 1. The van der Waals surface area contributed by atoms with Crippen molar-refractivity contribution in [3.8, 4) is 0 Å². The van der Waals surface area contributed by atoms with Gasteiger partial charge in [0.25, 0.3) is 5.91 Å². The molecule has 1 aromatic heterocycles. The maximum atomic E-state index is 13.1. The van der Waals surface area contributed by atoms with Crippen molar-refractivity contribution >= 4 is 60.6 Å². The van der Waals surface area contributed by atoms with Gasteiger partial charge in [-0.05, 0) is 36.4 Å². The van der Waals surface area contributed by atoms with Crippen LogP contribution in [0.15, 0.2) is 47.4 Å². The van der Waals surface area contributed by atoms with Crippen LogP contribution in [0.1, 0.15) is 9.67 Å². The summed E-state index contributed by atoms with van der Waals surface area (Å²) in [5.41, 5.74) is 0. The molecule has 0 bridgehead atoms. The van der Waals surface area contributed by atoms with Crippen molar-refractivity contribution < 1.29 is 17.6 Å². The van der Waals surface area contributed by atoms with Crippen molar-refractivity contribution in [3.63, 3.8) is 0 Å². The minimum Gasteiger partial charge on any atom is -0.335 e. The maximum absolute atomic E-state index is 13.1. The number of hydrogen-bond acceptors (Lipinski definition) is 4. The van der Waals surface area contributed by atoms with Crippen molar-refractivity contribution in [1.29, 1.82) is 0 Å². The topological polar surface area (TPSA) is 57.7 Å². The normalized spacial score (nSPS) is 15.8. The van der Waals surface area contributed by atoms with Gasteiger partial charge in [0.1, 0.15) is 10.7 Å². The number of carbonyl (C=O) groups is 1. The Balaban J connectivity index is 1.50. The fourth-order valence-electron chi connectivity index (χ4n) is 3.21. The van der Waals surface area contributed by atoms with Gasteiger partial charge in [0.05, 0.1) is 9.92 Å². The lowest BCUT2D eigenvalue weighted by atomic mass is 10.2. The van der Waals surface area contributed by atoms with Gasteiger partial charge in [-0.2, -0.15) is 4.31 Å². The van der Waals surface area contributed by atoms with Crippen molar-refractivity contribution in [2.24, 2.45) is 0 Å². The van der Waals surface area contributed by atoms with Crippen molar-refractivity contribution in [1.82, 2.24) is 9.21 Å². The molecule has 2 aromatic carbocycles. The zero-order chi connectivity index (χ0) is 20.8. The highest BCUT2D eigenvalue weighted by atomic mass is 35.5. The van der Waals surface area contributed by atoms with E-state index in [1.807, 2.05) is 0 Å². The number of halogens is 3. The molecule has 1 saturated heterocycles. The second-order valence-corrected chi connectivity index (χ2v) is 10.3. The van der Waals surface area contributed by atoms with E-state index < -0.39 is 15.8 Å². The van der Waals surface area contributed by atoms with Crippen molar-refractivity contribution in [2.75, 3.05) is 26.2 Å². The van der Waals surface area contributed by atoms with E-state index in [0.717, 1.165) is 22.2 Å². The molecule has 4 rings (SSSR count). The lowest BCUT2D eigenvalue weighted by Gasteiger charge is -2.33. The van der Waals surface area contributed by atoms with E-state index in [1.165, 1.54) is 27.8 Å². The number of amides is 1. The Labute approximate surface area is 181 Å². The molecule has 0 aliphatic carbocycles. The standard InChI is InChI=1S/C19H15Cl2FN2O3S2/c20-12-1-6-15-16(11-12)28-18(17(15)21)19(25)23-7-9-24(10-8-23)29(26,27)14-4-2-13(22)3-5-14/h1-6,11H,7-10H2. The number of sulfonamides is 1. The van der Waals surface area contributed by atoms with E-state index in [0.29, 0.717) is 14.9 Å². The largest absolute Gasteiger partial charge is 0.335 e. The molecule has 3 aromatic rings. The summed E-state index contributed by atoms with van der Waals surface area (Å²) in [6, 6.07) is 9.97. The Morgan fingerprint density at radius 1 is 1.00 bits per heavy atom. The van der Waals surface area contributed by atoms with Crippen LogP contribution in [0.3, 0.4) is 0 Å². The molecule has 0 atom stereocenters. The predicted molar refractivity (Wildman–Crippen MR) is 113 cm³/mol. The quantitative estimate of drug-likeness (QED) is 0.563. The van der Waals surface area contributed by atoms with Crippen LogP contribution in [0.4, 0.5) is 4.39 Å². The molecule has 1 amide bonds. The van der Waals surface area contributed by atoms with E-state index in [-0.39, 0.29) is 37.0 Å². The number of hydrogen-bond donors (Lipinski definition) is 0.